The van der Waals surface area contributed by atoms with Crippen molar-refractivity contribution in [3.8, 4) is 22.9 Å². The first-order chi connectivity index (χ1) is 14.7. The maximum atomic E-state index is 13.9. The molecule has 9 heteroatoms. The fourth-order valence-electron chi connectivity index (χ4n) is 3.47. The van der Waals surface area contributed by atoms with Gasteiger partial charge in [-0.05, 0) is 61.5 Å². The molecule has 4 rings (SSSR count). The van der Waals surface area contributed by atoms with E-state index in [0.717, 1.165) is 5.56 Å². The number of aromatic nitrogens is 2. The number of nitrogens with two attached hydrogens (primary N) is 2. The summed E-state index contributed by atoms with van der Waals surface area (Å²) in [4.78, 5) is 9.17. The topological polar surface area (TPSA) is 113 Å². The van der Waals surface area contributed by atoms with Crippen molar-refractivity contribution in [2.24, 2.45) is 5.14 Å². The molecule has 0 amide bonds. The molecule has 4 N–H and O–H groups in total. The number of nitrogen functional groups attached to an aromatic ring is 1. The minimum atomic E-state index is -2.91. The van der Waals surface area contributed by atoms with Gasteiger partial charge in [0.1, 0.15) is 17.7 Å². The number of hydrogen-bond donors (Lipinski definition) is 2. The minimum absolute atomic E-state index is 0.0989. The molecule has 0 spiro atoms. The Bertz CT molecular complexity index is 1250. The van der Waals surface area contributed by atoms with Crippen LogP contribution in [0.25, 0.3) is 11.3 Å². The fraction of sp³-hybridized carbons (Fsp3) is 0.227. The van der Waals surface area contributed by atoms with Crippen LogP contribution in [0.3, 0.4) is 0 Å². The predicted octanol–water partition coefficient (Wildman–Crippen LogP) is 3.28. The molecule has 1 aliphatic rings. The Labute approximate surface area is 180 Å². The summed E-state index contributed by atoms with van der Waals surface area (Å²) in [7, 11) is -2.91. The molecule has 0 aliphatic carbocycles. The second kappa shape index (κ2) is 8.16. The maximum Gasteiger partial charge on any atom is 0.258 e. The molecule has 0 saturated carbocycles. The van der Waals surface area contributed by atoms with Crippen molar-refractivity contribution in [2.75, 3.05) is 12.3 Å². The van der Waals surface area contributed by atoms with E-state index in [1.165, 1.54) is 18.3 Å². The zero-order chi connectivity index (χ0) is 22.2. The lowest BCUT2D eigenvalue weighted by Crippen LogP contribution is -2.12. The highest BCUT2D eigenvalue weighted by molar-refractivity contribution is 7.98. The van der Waals surface area contributed by atoms with E-state index in [-0.39, 0.29) is 11.7 Å². The lowest BCUT2D eigenvalue weighted by Gasteiger charge is -2.19. The minimum Gasteiger partial charge on any atom is -0.493 e. The first kappa shape index (κ1) is 21.1. The van der Waals surface area contributed by atoms with Gasteiger partial charge in [0.15, 0.2) is 5.82 Å². The molecule has 31 heavy (non-hydrogen) atoms. The lowest BCUT2D eigenvalue weighted by atomic mass is 10.0. The van der Waals surface area contributed by atoms with Gasteiger partial charge in [-0.3, -0.25) is 5.14 Å². The number of hydrogen-bond acceptors (Lipinski definition) is 6. The van der Waals surface area contributed by atoms with E-state index in [9.17, 15) is 8.60 Å². The molecule has 0 fully saturated rings. The van der Waals surface area contributed by atoms with Gasteiger partial charge in [0, 0.05) is 16.0 Å². The van der Waals surface area contributed by atoms with E-state index in [1.807, 2.05) is 6.07 Å². The summed E-state index contributed by atoms with van der Waals surface area (Å²) >= 11 is 0. The highest BCUT2D eigenvalue weighted by atomic mass is 32.2. The summed E-state index contributed by atoms with van der Waals surface area (Å²) in [6.45, 7) is 2.17. The van der Waals surface area contributed by atoms with Crippen LogP contribution in [0.5, 0.6) is 11.6 Å². The number of fused-ring (bicyclic) bond motifs is 5. The number of anilines is 1. The summed E-state index contributed by atoms with van der Waals surface area (Å²) in [6.07, 6.45) is 2.29. The Morgan fingerprint density at radius 3 is 2.84 bits per heavy atom. The summed E-state index contributed by atoms with van der Waals surface area (Å²) in [5, 5.41) is 5.75. The molecule has 2 heterocycles. The Balaban J connectivity index is 1.85. The Morgan fingerprint density at radius 2 is 2.06 bits per heavy atom. The maximum absolute atomic E-state index is 13.9. The SMILES string of the molecule is C=S(N)(=O)c1ccc2c(c1)-c1cnc(N)c(n1)OC(C)c1cc(F)ccc1OCCC2. The second-order valence-electron chi connectivity index (χ2n) is 7.39. The van der Waals surface area contributed by atoms with Crippen LogP contribution in [0, 0.1) is 5.82 Å². The first-order valence-corrected chi connectivity index (χ1v) is 11.5. The van der Waals surface area contributed by atoms with Gasteiger partial charge in [-0.1, -0.05) is 6.07 Å². The molecular weight excluding hydrogens is 419 g/mol. The molecule has 1 aromatic heterocycles. The van der Waals surface area contributed by atoms with Gasteiger partial charge in [-0.15, -0.1) is 0 Å². The zero-order valence-corrected chi connectivity index (χ0v) is 17.8. The molecule has 2 atom stereocenters. The van der Waals surface area contributed by atoms with E-state index in [2.05, 4.69) is 15.8 Å². The molecule has 2 aromatic carbocycles. The standard InChI is InChI=1S/C22H23FN4O3S/c1-13-17-10-15(23)6-8-20(17)29-9-3-4-14-5-7-16(31(2,25)28)11-18(14)19-12-26-21(24)22(27-19)30-13/h5-8,10-13H,2-4,9H2,1H3,(H2,24,26)(H2,25,28). The molecule has 2 unspecified atom stereocenters. The van der Waals surface area contributed by atoms with Crippen LogP contribution in [0.15, 0.2) is 47.5 Å². The smallest absolute Gasteiger partial charge is 0.258 e. The van der Waals surface area contributed by atoms with Crippen molar-refractivity contribution in [3.05, 3.63) is 59.5 Å². The Morgan fingerprint density at radius 1 is 1.26 bits per heavy atom. The third-order valence-electron chi connectivity index (χ3n) is 5.07. The van der Waals surface area contributed by atoms with E-state index >= 15 is 0 Å². The van der Waals surface area contributed by atoms with Crippen LogP contribution in [0.4, 0.5) is 10.2 Å². The van der Waals surface area contributed by atoms with Crippen LogP contribution in [-0.4, -0.2) is 26.7 Å². The van der Waals surface area contributed by atoms with Crippen LogP contribution in [0.1, 0.15) is 30.6 Å². The van der Waals surface area contributed by atoms with E-state index in [1.54, 1.807) is 25.1 Å². The highest BCUT2D eigenvalue weighted by Crippen LogP contribution is 2.34. The van der Waals surface area contributed by atoms with Gasteiger partial charge in [-0.25, -0.2) is 18.6 Å². The van der Waals surface area contributed by atoms with Crippen LogP contribution in [-0.2, 0) is 16.1 Å². The van der Waals surface area contributed by atoms with Crippen molar-refractivity contribution in [3.63, 3.8) is 0 Å². The number of nitrogens with zero attached hydrogens (tertiary/aromatic N) is 2. The molecule has 3 aromatic rings. The van der Waals surface area contributed by atoms with Crippen molar-refractivity contribution < 1.29 is 18.1 Å². The normalized spacial score (nSPS) is 18.0. The summed E-state index contributed by atoms with van der Waals surface area (Å²) < 4.78 is 38.1. The lowest BCUT2D eigenvalue weighted by molar-refractivity contribution is 0.208. The fourth-order valence-corrected chi connectivity index (χ4v) is 4.08. The Kier molecular flexibility index (Phi) is 5.55. The number of ether oxygens (including phenoxy) is 2. The molecular formula is C22H23FN4O3S. The second-order valence-corrected chi connectivity index (χ2v) is 9.31. The average molecular weight is 443 g/mol. The van der Waals surface area contributed by atoms with Gasteiger partial charge < -0.3 is 15.2 Å². The van der Waals surface area contributed by atoms with Crippen LogP contribution >= 0.6 is 0 Å². The molecule has 1 aliphatic heterocycles. The van der Waals surface area contributed by atoms with Gasteiger partial charge >= 0.3 is 0 Å². The van der Waals surface area contributed by atoms with Crippen LogP contribution < -0.4 is 20.3 Å². The summed E-state index contributed by atoms with van der Waals surface area (Å²) in [5.74, 6) is 3.91. The van der Waals surface area contributed by atoms with E-state index < -0.39 is 21.6 Å². The molecule has 7 nitrogen and oxygen atoms in total. The van der Waals surface area contributed by atoms with Gasteiger partial charge in [-0.2, -0.15) is 0 Å². The molecule has 2 bridgehead atoms. The van der Waals surface area contributed by atoms with Crippen molar-refractivity contribution in [1.82, 2.24) is 9.97 Å². The van der Waals surface area contributed by atoms with Gasteiger partial charge in [0.25, 0.3) is 5.88 Å². The zero-order valence-electron chi connectivity index (χ0n) is 17.0. The van der Waals surface area contributed by atoms with E-state index in [4.69, 9.17) is 20.3 Å². The predicted molar refractivity (Wildman–Crippen MR) is 119 cm³/mol. The summed E-state index contributed by atoms with van der Waals surface area (Å²) in [5.41, 5.74) is 8.71. The van der Waals surface area contributed by atoms with Crippen molar-refractivity contribution in [2.45, 2.75) is 30.8 Å². The van der Waals surface area contributed by atoms with Crippen LogP contribution in [0.2, 0.25) is 0 Å². The largest absolute Gasteiger partial charge is 0.493 e. The Hall–Kier alpha value is -3.17. The number of benzene rings is 2. The highest BCUT2D eigenvalue weighted by Gasteiger charge is 2.20. The quantitative estimate of drug-likeness (QED) is 0.559. The third kappa shape index (κ3) is 4.47. The number of halogens is 1. The molecule has 0 radical (unpaired) electrons. The van der Waals surface area contributed by atoms with Crippen molar-refractivity contribution in [1.29, 1.82) is 0 Å². The van der Waals surface area contributed by atoms with E-state index in [0.29, 0.717) is 46.9 Å². The van der Waals surface area contributed by atoms with Gasteiger partial charge in [0.2, 0.25) is 0 Å². The number of rotatable bonds is 1. The monoisotopic (exact) mass is 442 g/mol. The first-order valence-electron chi connectivity index (χ1n) is 9.72. The van der Waals surface area contributed by atoms with Crippen molar-refractivity contribution >= 4 is 21.4 Å². The van der Waals surface area contributed by atoms with Gasteiger partial charge in [0.05, 0.1) is 28.2 Å². The number of aryl methyl sites for hydroxylation is 1. The molecule has 162 valence electrons. The summed E-state index contributed by atoms with van der Waals surface area (Å²) in [6, 6.07) is 9.57. The average Bonchev–Trinajstić information content (AvgIpc) is 2.73. The third-order valence-corrected chi connectivity index (χ3v) is 6.12. The molecule has 0 saturated heterocycles.